The highest BCUT2D eigenvalue weighted by molar-refractivity contribution is 6.06. The molecule has 0 atom stereocenters. The van der Waals surface area contributed by atoms with Crippen molar-refractivity contribution in [1.29, 1.82) is 0 Å². The molecule has 154 valence electrons. The van der Waals surface area contributed by atoms with Crippen molar-refractivity contribution in [2.45, 2.75) is 53.1 Å². The maximum atomic E-state index is 13.3. The maximum absolute atomic E-state index is 13.3. The molecule has 0 aliphatic heterocycles. The van der Waals surface area contributed by atoms with Crippen molar-refractivity contribution in [3.8, 4) is 0 Å². The Morgan fingerprint density at radius 1 is 1.10 bits per heavy atom. The molecule has 1 amide bonds. The highest BCUT2D eigenvalue weighted by atomic mass is 16.5. The van der Waals surface area contributed by atoms with Crippen molar-refractivity contribution in [2.24, 2.45) is 0 Å². The SMILES string of the molecule is CCOC(=O)c1c(C)c(C(=O)CN(C(=O)c2ccccc2)C2CC2)c(C)n1CC. The lowest BCUT2D eigenvalue weighted by Gasteiger charge is -2.22. The lowest BCUT2D eigenvalue weighted by atomic mass is 10.0. The van der Waals surface area contributed by atoms with Gasteiger partial charge in [0.15, 0.2) is 5.78 Å². The Kier molecular flexibility index (Phi) is 6.20. The van der Waals surface area contributed by atoms with Gasteiger partial charge in [-0.25, -0.2) is 4.79 Å². The van der Waals surface area contributed by atoms with Crippen LogP contribution in [0.1, 0.15) is 69.2 Å². The van der Waals surface area contributed by atoms with Gasteiger partial charge in [0.2, 0.25) is 0 Å². The summed E-state index contributed by atoms with van der Waals surface area (Å²) >= 11 is 0. The third-order valence-corrected chi connectivity index (χ3v) is 5.41. The van der Waals surface area contributed by atoms with Gasteiger partial charge in [0.25, 0.3) is 5.91 Å². The van der Waals surface area contributed by atoms with Crippen LogP contribution in [0.3, 0.4) is 0 Å². The fraction of sp³-hybridized carbons (Fsp3) is 0.435. The molecule has 6 nitrogen and oxygen atoms in total. The van der Waals surface area contributed by atoms with Crippen LogP contribution in [-0.4, -0.2) is 46.3 Å². The lowest BCUT2D eigenvalue weighted by Crippen LogP contribution is -2.37. The molecule has 0 radical (unpaired) electrons. The fourth-order valence-electron chi connectivity index (χ4n) is 3.90. The van der Waals surface area contributed by atoms with Crippen LogP contribution in [0.2, 0.25) is 0 Å². The Bertz CT molecular complexity index is 926. The van der Waals surface area contributed by atoms with Gasteiger partial charge in [0.1, 0.15) is 5.69 Å². The highest BCUT2D eigenvalue weighted by Crippen LogP contribution is 2.30. The molecule has 2 aromatic rings. The van der Waals surface area contributed by atoms with Crippen molar-refractivity contribution >= 4 is 17.7 Å². The van der Waals surface area contributed by atoms with Gasteiger partial charge in [-0.05, 0) is 58.2 Å². The number of carbonyl (C=O) groups is 3. The topological polar surface area (TPSA) is 68.6 Å². The van der Waals surface area contributed by atoms with Crippen LogP contribution in [-0.2, 0) is 11.3 Å². The molecular formula is C23H28N2O4. The van der Waals surface area contributed by atoms with Crippen LogP contribution in [0.4, 0.5) is 0 Å². The van der Waals surface area contributed by atoms with Crippen molar-refractivity contribution in [3.63, 3.8) is 0 Å². The number of ketones is 1. The molecule has 1 aromatic heterocycles. The molecule has 1 heterocycles. The molecular weight excluding hydrogens is 368 g/mol. The van der Waals surface area contributed by atoms with E-state index in [-0.39, 0.29) is 30.9 Å². The van der Waals surface area contributed by atoms with Crippen molar-refractivity contribution in [2.75, 3.05) is 13.2 Å². The van der Waals surface area contributed by atoms with Gasteiger partial charge >= 0.3 is 5.97 Å². The number of carbonyl (C=O) groups excluding carboxylic acids is 3. The first-order chi connectivity index (χ1) is 13.9. The minimum Gasteiger partial charge on any atom is -0.461 e. The summed E-state index contributed by atoms with van der Waals surface area (Å²) < 4.78 is 7.01. The summed E-state index contributed by atoms with van der Waals surface area (Å²) in [6, 6.07) is 9.14. The largest absolute Gasteiger partial charge is 0.461 e. The minimum atomic E-state index is -0.423. The van der Waals surface area contributed by atoms with E-state index in [1.54, 1.807) is 30.9 Å². The van der Waals surface area contributed by atoms with Gasteiger partial charge in [-0.1, -0.05) is 18.2 Å². The number of ether oxygens (including phenoxy) is 1. The summed E-state index contributed by atoms with van der Waals surface area (Å²) in [6.07, 6.45) is 1.82. The van der Waals surface area contributed by atoms with Gasteiger partial charge < -0.3 is 14.2 Å². The molecule has 29 heavy (non-hydrogen) atoms. The molecule has 0 bridgehead atoms. The Labute approximate surface area is 171 Å². The number of hydrogen-bond acceptors (Lipinski definition) is 4. The summed E-state index contributed by atoms with van der Waals surface area (Å²) in [7, 11) is 0. The Morgan fingerprint density at radius 2 is 1.76 bits per heavy atom. The van der Waals surface area contributed by atoms with Gasteiger partial charge in [-0.15, -0.1) is 0 Å². The van der Waals surface area contributed by atoms with E-state index >= 15 is 0 Å². The average molecular weight is 396 g/mol. The monoisotopic (exact) mass is 396 g/mol. The third kappa shape index (κ3) is 4.11. The molecule has 0 spiro atoms. The van der Waals surface area contributed by atoms with Crippen molar-refractivity contribution < 1.29 is 19.1 Å². The van der Waals surface area contributed by atoms with Crippen LogP contribution in [0, 0.1) is 13.8 Å². The smallest absolute Gasteiger partial charge is 0.355 e. The number of nitrogens with zero attached hydrogens (tertiary/aromatic N) is 2. The average Bonchev–Trinajstić information content (AvgIpc) is 3.51. The quantitative estimate of drug-likeness (QED) is 0.503. The molecule has 1 fully saturated rings. The number of benzene rings is 1. The second kappa shape index (κ2) is 8.64. The van der Waals surface area contributed by atoms with E-state index in [9.17, 15) is 14.4 Å². The van der Waals surface area contributed by atoms with Crippen LogP contribution >= 0.6 is 0 Å². The number of hydrogen-bond donors (Lipinski definition) is 0. The molecule has 1 aliphatic carbocycles. The number of aromatic nitrogens is 1. The van der Waals surface area contributed by atoms with Gasteiger partial charge in [0, 0.05) is 29.4 Å². The second-order valence-corrected chi connectivity index (χ2v) is 7.35. The molecule has 0 saturated heterocycles. The van der Waals surface area contributed by atoms with Crippen LogP contribution in [0.5, 0.6) is 0 Å². The summed E-state index contributed by atoms with van der Waals surface area (Å²) in [4.78, 5) is 40.4. The van der Waals surface area contributed by atoms with Crippen LogP contribution in [0.15, 0.2) is 30.3 Å². The predicted molar refractivity (Wildman–Crippen MR) is 110 cm³/mol. The Hall–Kier alpha value is -2.89. The molecule has 1 aromatic carbocycles. The molecule has 3 rings (SSSR count). The summed E-state index contributed by atoms with van der Waals surface area (Å²) in [6.45, 7) is 8.15. The van der Waals surface area contributed by atoms with E-state index in [4.69, 9.17) is 4.74 Å². The molecule has 0 unspecified atom stereocenters. The van der Waals surface area contributed by atoms with Gasteiger partial charge in [-0.2, -0.15) is 0 Å². The predicted octanol–water partition coefficient (Wildman–Crippen LogP) is 3.79. The number of rotatable bonds is 8. The first-order valence-corrected chi connectivity index (χ1v) is 10.2. The van der Waals surface area contributed by atoms with E-state index in [1.807, 2.05) is 36.6 Å². The zero-order valence-electron chi connectivity index (χ0n) is 17.5. The zero-order chi connectivity index (χ0) is 21.1. The van der Waals surface area contributed by atoms with E-state index in [2.05, 4.69) is 0 Å². The zero-order valence-corrected chi connectivity index (χ0v) is 17.5. The van der Waals surface area contributed by atoms with E-state index in [0.29, 0.717) is 28.9 Å². The summed E-state index contributed by atoms with van der Waals surface area (Å²) in [5.74, 6) is -0.695. The number of amides is 1. The standard InChI is InChI=1S/C23H28N2O4/c1-5-24-16(4)20(15(3)21(24)23(28)29-6-2)19(26)14-25(18-12-13-18)22(27)17-10-8-7-9-11-17/h7-11,18H,5-6,12-14H2,1-4H3. The van der Waals surface area contributed by atoms with Crippen molar-refractivity contribution in [3.05, 3.63) is 58.4 Å². The van der Waals surface area contributed by atoms with Gasteiger partial charge in [0.05, 0.1) is 13.2 Å². The minimum absolute atomic E-state index is 0.00999. The molecule has 1 saturated carbocycles. The van der Waals surface area contributed by atoms with E-state index in [1.165, 1.54) is 0 Å². The molecule has 6 heteroatoms. The lowest BCUT2D eigenvalue weighted by molar-refractivity contribution is 0.0512. The first kappa shape index (κ1) is 20.8. The van der Waals surface area contributed by atoms with Crippen molar-refractivity contribution in [1.82, 2.24) is 9.47 Å². The highest BCUT2D eigenvalue weighted by Gasteiger charge is 2.36. The normalized spacial score (nSPS) is 13.2. The summed E-state index contributed by atoms with van der Waals surface area (Å²) in [5.41, 5.74) is 2.87. The Morgan fingerprint density at radius 3 is 2.31 bits per heavy atom. The summed E-state index contributed by atoms with van der Waals surface area (Å²) in [5, 5.41) is 0. The molecule has 1 aliphatic rings. The van der Waals surface area contributed by atoms with Crippen LogP contribution < -0.4 is 0 Å². The number of esters is 1. The molecule has 0 N–H and O–H groups in total. The maximum Gasteiger partial charge on any atom is 0.355 e. The van der Waals surface area contributed by atoms with E-state index in [0.717, 1.165) is 18.5 Å². The van der Waals surface area contributed by atoms with E-state index < -0.39 is 5.97 Å². The van der Waals surface area contributed by atoms with Crippen LogP contribution in [0.25, 0.3) is 0 Å². The Balaban J connectivity index is 1.91. The third-order valence-electron chi connectivity index (χ3n) is 5.41. The fourth-order valence-corrected chi connectivity index (χ4v) is 3.90. The first-order valence-electron chi connectivity index (χ1n) is 10.2. The second-order valence-electron chi connectivity index (χ2n) is 7.35. The number of Topliss-reactive ketones (excluding diaryl/α,β-unsaturated/α-hetero) is 1. The van der Waals surface area contributed by atoms with Gasteiger partial charge in [-0.3, -0.25) is 9.59 Å².